The van der Waals surface area contributed by atoms with Gasteiger partial charge >= 0.3 is 0 Å². The Balaban J connectivity index is 2.12. The topological polar surface area (TPSA) is 64.0 Å². The molecule has 1 fully saturated rings. The first-order valence-corrected chi connectivity index (χ1v) is 6.81. The van der Waals surface area contributed by atoms with E-state index in [-0.39, 0.29) is 17.7 Å². The Morgan fingerprint density at radius 1 is 1.42 bits per heavy atom. The van der Waals surface area contributed by atoms with Crippen molar-refractivity contribution in [3.63, 3.8) is 0 Å². The predicted octanol–water partition coefficient (Wildman–Crippen LogP) is 1.86. The Morgan fingerprint density at radius 3 is 2.95 bits per heavy atom. The molecule has 1 aromatic heterocycles. The van der Waals surface area contributed by atoms with E-state index in [1.165, 1.54) is 0 Å². The molecule has 2 amide bonds. The molecular weight excluding hydrogens is 310 g/mol. The van der Waals surface area contributed by atoms with Gasteiger partial charge in [0.15, 0.2) is 0 Å². The fourth-order valence-electron chi connectivity index (χ4n) is 2.48. The fourth-order valence-corrected chi connectivity index (χ4v) is 2.90. The first-order valence-electron chi connectivity index (χ1n) is 6.01. The quantitative estimate of drug-likeness (QED) is 0.815. The Bertz CT molecular complexity index is 692. The molecule has 3 rings (SSSR count). The van der Waals surface area contributed by atoms with E-state index in [4.69, 9.17) is 0 Å². The van der Waals surface area contributed by atoms with E-state index in [2.05, 4.69) is 26.3 Å². The molecule has 1 N–H and O–H groups in total. The molecular formula is C13H12BrN3O2. The van der Waals surface area contributed by atoms with Crippen molar-refractivity contribution in [1.29, 1.82) is 0 Å². The number of rotatable bonds is 1. The van der Waals surface area contributed by atoms with Crippen molar-refractivity contribution in [3.05, 3.63) is 28.4 Å². The molecule has 6 heteroatoms. The first kappa shape index (κ1) is 12.3. The molecule has 2 aromatic rings. The van der Waals surface area contributed by atoms with E-state index in [0.717, 1.165) is 20.9 Å². The van der Waals surface area contributed by atoms with Crippen LogP contribution in [-0.2, 0) is 16.6 Å². The molecule has 19 heavy (non-hydrogen) atoms. The number of piperidine rings is 1. The van der Waals surface area contributed by atoms with Crippen LogP contribution in [0.3, 0.4) is 0 Å². The van der Waals surface area contributed by atoms with E-state index in [1.54, 1.807) is 4.68 Å². The minimum atomic E-state index is -0.303. The van der Waals surface area contributed by atoms with Crippen LogP contribution in [0.1, 0.15) is 24.3 Å². The number of aryl methyl sites for hydroxylation is 1. The average molecular weight is 322 g/mol. The van der Waals surface area contributed by atoms with Crippen molar-refractivity contribution in [2.45, 2.75) is 18.8 Å². The Kier molecular flexibility index (Phi) is 2.89. The number of aromatic nitrogens is 2. The zero-order valence-corrected chi connectivity index (χ0v) is 11.9. The second-order valence-corrected chi connectivity index (χ2v) is 5.56. The molecule has 0 radical (unpaired) electrons. The molecule has 1 aliphatic heterocycles. The molecule has 0 bridgehead atoms. The summed E-state index contributed by atoms with van der Waals surface area (Å²) in [4.78, 5) is 23.2. The number of hydrogen-bond acceptors (Lipinski definition) is 3. The minimum Gasteiger partial charge on any atom is -0.296 e. The second-order valence-electron chi connectivity index (χ2n) is 4.71. The summed E-state index contributed by atoms with van der Waals surface area (Å²) in [5, 5.41) is 7.79. The smallest absolute Gasteiger partial charge is 0.234 e. The van der Waals surface area contributed by atoms with Crippen LogP contribution in [0.2, 0.25) is 0 Å². The SMILES string of the molecule is Cn1cc2c(Br)ccc(C3CCC(=O)NC3=O)c2n1. The zero-order chi connectivity index (χ0) is 13.6. The molecule has 1 unspecified atom stereocenters. The van der Waals surface area contributed by atoms with Crippen molar-refractivity contribution in [2.75, 3.05) is 0 Å². The van der Waals surface area contributed by atoms with Gasteiger partial charge in [-0.2, -0.15) is 5.10 Å². The fraction of sp³-hybridized carbons (Fsp3) is 0.308. The molecule has 1 saturated heterocycles. The van der Waals surface area contributed by atoms with Gasteiger partial charge in [0.25, 0.3) is 0 Å². The number of fused-ring (bicyclic) bond motifs is 1. The summed E-state index contributed by atoms with van der Waals surface area (Å²) < 4.78 is 2.68. The highest BCUT2D eigenvalue weighted by molar-refractivity contribution is 9.10. The number of carbonyl (C=O) groups excluding carboxylic acids is 2. The molecule has 98 valence electrons. The molecule has 0 aliphatic carbocycles. The van der Waals surface area contributed by atoms with Crippen LogP contribution in [0, 0.1) is 0 Å². The Morgan fingerprint density at radius 2 is 2.21 bits per heavy atom. The lowest BCUT2D eigenvalue weighted by Crippen LogP contribution is -2.39. The van der Waals surface area contributed by atoms with E-state index < -0.39 is 0 Å². The third-order valence-electron chi connectivity index (χ3n) is 3.38. The lowest BCUT2D eigenvalue weighted by atomic mass is 9.89. The third kappa shape index (κ3) is 2.06. The highest BCUT2D eigenvalue weighted by Crippen LogP contribution is 2.33. The second kappa shape index (κ2) is 4.45. The van der Waals surface area contributed by atoms with Crippen molar-refractivity contribution in [3.8, 4) is 0 Å². The summed E-state index contributed by atoms with van der Waals surface area (Å²) in [5.41, 5.74) is 1.69. The van der Waals surface area contributed by atoms with Crippen LogP contribution >= 0.6 is 15.9 Å². The van der Waals surface area contributed by atoms with Crippen LogP contribution in [0.4, 0.5) is 0 Å². The normalized spacial score (nSPS) is 19.8. The number of amides is 2. The molecule has 1 aromatic carbocycles. The number of benzene rings is 1. The van der Waals surface area contributed by atoms with E-state index >= 15 is 0 Å². The van der Waals surface area contributed by atoms with Crippen molar-refractivity contribution >= 4 is 38.6 Å². The molecule has 1 atom stereocenters. The first-order chi connectivity index (χ1) is 9.06. The largest absolute Gasteiger partial charge is 0.296 e. The van der Waals surface area contributed by atoms with Gasteiger partial charge < -0.3 is 0 Å². The van der Waals surface area contributed by atoms with Gasteiger partial charge in [-0.3, -0.25) is 19.6 Å². The molecule has 1 aliphatic rings. The number of halogens is 1. The van der Waals surface area contributed by atoms with Crippen molar-refractivity contribution in [1.82, 2.24) is 15.1 Å². The van der Waals surface area contributed by atoms with Crippen LogP contribution in [-0.4, -0.2) is 21.6 Å². The van der Waals surface area contributed by atoms with Gasteiger partial charge in [-0.05, 0) is 18.1 Å². The number of nitrogens with one attached hydrogen (secondary N) is 1. The molecule has 0 spiro atoms. The average Bonchev–Trinajstić information content (AvgIpc) is 2.73. The number of carbonyl (C=O) groups is 2. The highest BCUT2D eigenvalue weighted by Gasteiger charge is 2.30. The Hall–Kier alpha value is -1.69. The van der Waals surface area contributed by atoms with Crippen molar-refractivity contribution < 1.29 is 9.59 Å². The van der Waals surface area contributed by atoms with Gasteiger partial charge in [-0.1, -0.05) is 22.0 Å². The summed E-state index contributed by atoms with van der Waals surface area (Å²) in [5.74, 6) is -0.732. The van der Waals surface area contributed by atoms with Crippen LogP contribution in [0.5, 0.6) is 0 Å². The maximum atomic E-state index is 12.0. The van der Waals surface area contributed by atoms with Crippen molar-refractivity contribution in [2.24, 2.45) is 7.05 Å². The van der Waals surface area contributed by atoms with E-state index in [1.807, 2.05) is 25.4 Å². The van der Waals surface area contributed by atoms with Crippen LogP contribution in [0.25, 0.3) is 10.9 Å². The van der Waals surface area contributed by atoms with Gasteiger partial charge in [-0.15, -0.1) is 0 Å². The van der Waals surface area contributed by atoms with Gasteiger partial charge in [0.2, 0.25) is 11.8 Å². The monoisotopic (exact) mass is 321 g/mol. The standard InChI is InChI=1S/C13H12BrN3O2/c1-17-6-9-10(14)4-2-7(12(9)16-17)8-3-5-11(18)15-13(8)19/h2,4,6,8H,3,5H2,1H3,(H,15,18,19). The molecule has 0 saturated carbocycles. The highest BCUT2D eigenvalue weighted by atomic mass is 79.9. The number of imide groups is 1. The maximum absolute atomic E-state index is 12.0. The van der Waals surface area contributed by atoms with E-state index in [0.29, 0.717) is 12.8 Å². The lowest BCUT2D eigenvalue weighted by Gasteiger charge is -2.21. The third-order valence-corrected chi connectivity index (χ3v) is 4.07. The summed E-state index contributed by atoms with van der Waals surface area (Å²) in [6.45, 7) is 0. The van der Waals surface area contributed by atoms with Crippen LogP contribution < -0.4 is 5.32 Å². The zero-order valence-electron chi connectivity index (χ0n) is 10.3. The Labute approximate surface area is 118 Å². The van der Waals surface area contributed by atoms with Crippen LogP contribution in [0.15, 0.2) is 22.8 Å². The maximum Gasteiger partial charge on any atom is 0.234 e. The lowest BCUT2D eigenvalue weighted by molar-refractivity contribution is -0.134. The van der Waals surface area contributed by atoms with Gasteiger partial charge in [0, 0.05) is 29.5 Å². The predicted molar refractivity (Wildman–Crippen MR) is 73.5 cm³/mol. The molecule has 5 nitrogen and oxygen atoms in total. The number of hydrogen-bond donors (Lipinski definition) is 1. The summed E-state index contributed by atoms with van der Waals surface area (Å²) in [6.07, 6.45) is 2.83. The minimum absolute atomic E-state index is 0.198. The van der Waals surface area contributed by atoms with Gasteiger partial charge in [0.1, 0.15) is 0 Å². The van der Waals surface area contributed by atoms with Gasteiger partial charge in [0.05, 0.1) is 11.4 Å². The van der Waals surface area contributed by atoms with E-state index in [9.17, 15) is 9.59 Å². The molecule has 2 heterocycles. The van der Waals surface area contributed by atoms with Gasteiger partial charge in [-0.25, -0.2) is 0 Å². The summed E-state index contributed by atoms with van der Waals surface area (Å²) in [7, 11) is 1.85. The number of nitrogens with zero attached hydrogens (tertiary/aromatic N) is 2. The summed E-state index contributed by atoms with van der Waals surface area (Å²) in [6, 6.07) is 3.82. The summed E-state index contributed by atoms with van der Waals surface area (Å²) >= 11 is 3.49.